The average molecular weight is 284 g/mol. The van der Waals surface area contributed by atoms with Crippen LogP contribution in [0.3, 0.4) is 0 Å². The molecule has 0 aliphatic rings. The van der Waals surface area contributed by atoms with E-state index in [1.807, 2.05) is 31.2 Å². The normalized spacial score (nSPS) is 12.2. The molecule has 2 rings (SSSR count). The first-order valence-electron chi connectivity index (χ1n) is 5.53. The Morgan fingerprint density at radius 1 is 1.06 bits per heavy atom. The molecule has 2 aromatic rings. The molecule has 1 atom stereocenters. The van der Waals surface area contributed by atoms with Crippen molar-refractivity contribution in [3.63, 3.8) is 0 Å². The summed E-state index contributed by atoms with van der Waals surface area (Å²) in [4.78, 5) is 0. The van der Waals surface area contributed by atoms with Crippen LogP contribution in [0.5, 0.6) is 0 Å². The van der Waals surface area contributed by atoms with Gasteiger partial charge in [0.05, 0.1) is 5.02 Å². The maximum atomic E-state index is 13.0. The summed E-state index contributed by atoms with van der Waals surface area (Å²) in [5, 5.41) is 4.07. The van der Waals surface area contributed by atoms with Gasteiger partial charge in [0.2, 0.25) is 0 Å². The van der Waals surface area contributed by atoms with Gasteiger partial charge in [0, 0.05) is 16.8 Å². The van der Waals surface area contributed by atoms with Crippen molar-refractivity contribution in [1.82, 2.24) is 0 Å². The Bertz CT molecular complexity index is 540. The zero-order valence-corrected chi connectivity index (χ0v) is 11.3. The zero-order valence-electron chi connectivity index (χ0n) is 9.75. The Kier molecular flexibility index (Phi) is 4.10. The number of rotatable bonds is 3. The lowest BCUT2D eigenvalue weighted by Crippen LogP contribution is -2.06. The minimum atomic E-state index is -0.415. The second-order valence-electron chi connectivity index (χ2n) is 4.05. The fourth-order valence-electron chi connectivity index (χ4n) is 1.67. The average Bonchev–Trinajstić information content (AvgIpc) is 2.34. The number of halogens is 3. The number of hydrogen-bond acceptors (Lipinski definition) is 1. The van der Waals surface area contributed by atoms with Gasteiger partial charge < -0.3 is 5.32 Å². The lowest BCUT2D eigenvalue weighted by molar-refractivity contribution is 0.628. The molecule has 1 nitrogen and oxygen atoms in total. The van der Waals surface area contributed by atoms with Gasteiger partial charge in [-0.05, 0) is 42.8 Å². The predicted octanol–water partition coefficient (Wildman–Crippen LogP) is 5.31. The summed E-state index contributed by atoms with van der Waals surface area (Å²) in [6.45, 7) is 2.01. The number of hydrogen-bond donors (Lipinski definition) is 1. The van der Waals surface area contributed by atoms with Crippen molar-refractivity contribution in [2.75, 3.05) is 5.32 Å². The molecule has 1 N–H and O–H groups in total. The highest BCUT2D eigenvalue weighted by atomic mass is 35.5. The maximum Gasteiger partial charge on any atom is 0.141 e. The molecule has 1 unspecified atom stereocenters. The molecular formula is C14H12Cl2FN. The van der Waals surface area contributed by atoms with Crippen LogP contribution in [0.25, 0.3) is 0 Å². The molecule has 0 fully saturated rings. The molecule has 94 valence electrons. The predicted molar refractivity (Wildman–Crippen MR) is 74.9 cm³/mol. The van der Waals surface area contributed by atoms with Crippen LogP contribution in [-0.4, -0.2) is 0 Å². The quantitative estimate of drug-likeness (QED) is 0.805. The third-order valence-corrected chi connectivity index (χ3v) is 3.21. The maximum absolute atomic E-state index is 13.0. The smallest absolute Gasteiger partial charge is 0.141 e. The molecule has 0 saturated carbocycles. The second kappa shape index (κ2) is 5.59. The first-order chi connectivity index (χ1) is 8.56. The van der Waals surface area contributed by atoms with Crippen LogP contribution in [0, 0.1) is 5.82 Å². The van der Waals surface area contributed by atoms with E-state index in [9.17, 15) is 4.39 Å². The molecule has 0 saturated heterocycles. The van der Waals surface area contributed by atoms with E-state index in [1.165, 1.54) is 6.07 Å². The van der Waals surface area contributed by atoms with Crippen molar-refractivity contribution in [3.05, 3.63) is 63.9 Å². The Labute approximate surface area is 116 Å². The Morgan fingerprint density at radius 3 is 2.33 bits per heavy atom. The molecule has 0 spiro atoms. The number of benzene rings is 2. The van der Waals surface area contributed by atoms with E-state index >= 15 is 0 Å². The van der Waals surface area contributed by atoms with E-state index in [4.69, 9.17) is 23.2 Å². The van der Waals surface area contributed by atoms with Crippen LogP contribution in [0.15, 0.2) is 42.5 Å². The van der Waals surface area contributed by atoms with Crippen LogP contribution in [0.2, 0.25) is 10.0 Å². The molecule has 18 heavy (non-hydrogen) atoms. The molecular weight excluding hydrogens is 272 g/mol. The van der Waals surface area contributed by atoms with Gasteiger partial charge in [-0.1, -0.05) is 35.3 Å². The third kappa shape index (κ3) is 3.15. The summed E-state index contributed by atoms with van der Waals surface area (Å²) in [5.74, 6) is -0.415. The van der Waals surface area contributed by atoms with Crippen molar-refractivity contribution >= 4 is 28.9 Å². The summed E-state index contributed by atoms with van der Waals surface area (Å²) >= 11 is 11.6. The summed E-state index contributed by atoms with van der Waals surface area (Å²) in [6.07, 6.45) is 0. The van der Waals surface area contributed by atoms with Crippen molar-refractivity contribution in [2.45, 2.75) is 13.0 Å². The van der Waals surface area contributed by atoms with E-state index in [0.29, 0.717) is 5.02 Å². The van der Waals surface area contributed by atoms with Crippen molar-refractivity contribution in [2.24, 2.45) is 0 Å². The minimum absolute atomic E-state index is 0.0868. The topological polar surface area (TPSA) is 12.0 Å². The highest BCUT2D eigenvalue weighted by molar-refractivity contribution is 6.31. The largest absolute Gasteiger partial charge is 0.378 e. The molecule has 0 aromatic heterocycles. The molecule has 0 radical (unpaired) electrons. The van der Waals surface area contributed by atoms with E-state index < -0.39 is 5.82 Å². The SMILES string of the molecule is CC(Nc1ccc(F)c(Cl)c1)c1ccc(Cl)cc1. The minimum Gasteiger partial charge on any atom is -0.378 e. The van der Waals surface area contributed by atoms with Gasteiger partial charge in [-0.25, -0.2) is 4.39 Å². The van der Waals surface area contributed by atoms with E-state index in [-0.39, 0.29) is 11.1 Å². The van der Waals surface area contributed by atoms with Gasteiger partial charge in [-0.2, -0.15) is 0 Å². The number of anilines is 1. The highest BCUT2D eigenvalue weighted by Crippen LogP contribution is 2.24. The monoisotopic (exact) mass is 283 g/mol. The first-order valence-corrected chi connectivity index (χ1v) is 6.29. The summed E-state index contributed by atoms with van der Waals surface area (Å²) in [7, 11) is 0. The molecule has 0 bridgehead atoms. The highest BCUT2D eigenvalue weighted by Gasteiger charge is 2.06. The fourth-order valence-corrected chi connectivity index (χ4v) is 1.98. The lowest BCUT2D eigenvalue weighted by atomic mass is 10.1. The van der Waals surface area contributed by atoms with Gasteiger partial charge in [-0.15, -0.1) is 0 Å². The summed E-state index contributed by atoms with van der Waals surface area (Å²) < 4.78 is 13.0. The molecule has 0 heterocycles. The van der Waals surface area contributed by atoms with Crippen LogP contribution in [0.1, 0.15) is 18.5 Å². The van der Waals surface area contributed by atoms with Gasteiger partial charge in [0.1, 0.15) is 5.82 Å². The van der Waals surface area contributed by atoms with Crippen molar-refractivity contribution < 1.29 is 4.39 Å². The molecule has 2 aromatic carbocycles. The van der Waals surface area contributed by atoms with Gasteiger partial charge >= 0.3 is 0 Å². The van der Waals surface area contributed by atoms with Gasteiger partial charge in [0.25, 0.3) is 0 Å². The van der Waals surface area contributed by atoms with Gasteiger partial charge in [0.15, 0.2) is 0 Å². The standard InChI is InChI=1S/C14H12Cl2FN/c1-9(10-2-4-11(15)5-3-10)18-12-6-7-14(17)13(16)8-12/h2-9,18H,1H3. The number of nitrogens with one attached hydrogen (secondary N) is 1. The van der Waals surface area contributed by atoms with Crippen LogP contribution in [-0.2, 0) is 0 Å². The van der Waals surface area contributed by atoms with Crippen molar-refractivity contribution in [3.8, 4) is 0 Å². The molecule has 0 amide bonds. The second-order valence-corrected chi connectivity index (χ2v) is 4.89. The van der Waals surface area contributed by atoms with E-state index in [0.717, 1.165) is 11.3 Å². The van der Waals surface area contributed by atoms with Crippen molar-refractivity contribution in [1.29, 1.82) is 0 Å². The van der Waals surface area contributed by atoms with Crippen LogP contribution >= 0.6 is 23.2 Å². The Hall–Kier alpha value is -1.25. The fraction of sp³-hybridized carbons (Fsp3) is 0.143. The van der Waals surface area contributed by atoms with Crippen LogP contribution in [0.4, 0.5) is 10.1 Å². The van der Waals surface area contributed by atoms with Gasteiger partial charge in [-0.3, -0.25) is 0 Å². The third-order valence-electron chi connectivity index (χ3n) is 2.67. The first kappa shape index (κ1) is 13.2. The molecule has 0 aliphatic heterocycles. The summed E-state index contributed by atoms with van der Waals surface area (Å²) in [5.41, 5.74) is 1.88. The molecule has 4 heteroatoms. The Morgan fingerprint density at radius 2 is 1.72 bits per heavy atom. The van der Waals surface area contributed by atoms with Crippen LogP contribution < -0.4 is 5.32 Å². The lowest BCUT2D eigenvalue weighted by Gasteiger charge is -2.16. The summed E-state index contributed by atoms with van der Waals surface area (Å²) in [6, 6.07) is 12.2. The van der Waals surface area contributed by atoms with E-state index in [2.05, 4.69) is 5.32 Å². The Balaban J connectivity index is 2.13. The van der Waals surface area contributed by atoms with E-state index in [1.54, 1.807) is 12.1 Å². The zero-order chi connectivity index (χ0) is 13.1. The molecule has 0 aliphatic carbocycles.